The second-order valence-electron chi connectivity index (χ2n) is 5.90. The Morgan fingerprint density at radius 3 is 1.94 bits per heavy atom. The molecule has 2 nitrogen and oxygen atoms in total. The molecule has 0 saturated carbocycles. The molecule has 18 heavy (non-hydrogen) atoms. The van der Waals surface area contributed by atoms with Gasteiger partial charge in [-0.15, -0.1) is 0 Å². The number of carbonyl (C=O) groups is 1. The molecule has 0 saturated heterocycles. The first kappa shape index (κ1) is 17.5. The van der Waals surface area contributed by atoms with Crippen molar-refractivity contribution in [3.05, 3.63) is 0 Å². The van der Waals surface area contributed by atoms with Crippen molar-refractivity contribution in [1.82, 2.24) is 0 Å². The van der Waals surface area contributed by atoms with Gasteiger partial charge in [-0.3, -0.25) is 4.79 Å². The van der Waals surface area contributed by atoms with E-state index in [0.717, 1.165) is 24.7 Å². The molecular formula is C16H32O2. The lowest BCUT2D eigenvalue weighted by Gasteiger charge is -2.14. The fraction of sp³-hybridized carbons (Fsp3) is 0.938. The summed E-state index contributed by atoms with van der Waals surface area (Å²) in [5, 5.41) is 0. The lowest BCUT2D eigenvalue weighted by Crippen LogP contribution is -2.12. The van der Waals surface area contributed by atoms with Gasteiger partial charge in [0.15, 0.2) is 0 Å². The Labute approximate surface area is 113 Å². The van der Waals surface area contributed by atoms with E-state index in [1.165, 1.54) is 39.2 Å². The number of esters is 1. The molecule has 0 radical (unpaired) electrons. The van der Waals surface area contributed by atoms with Crippen LogP contribution < -0.4 is 0 Å². The van der Waals surface area contributed by atoms with Crippen LogP contribution in [0.25, 0.3) is 0 Å². The molecule has 0 aliphatic heterocycles. The summed E-state index contributed by atoms with van der Waals surface area (Å²) in [4.78, 5) is 11.2. The van der Waals surface area contributed by atoms with Crippen molar-refractivity contribution in [3.63, 3.8) is 0 Å². The third-order valence-electron chi connectivity index (χ3n) is 4.03. The lowest BCUT2D eigenvalue weighted by atomic mass is 9.92. The van der Waals surface area contributed by atoms with Gasteiger partial charge >= 0.3 is 5.97 Å². The van der Waals surface area contributed by atoms with E-state index < -0.39 is 0 Å². The zero-order valence-electron chi connectivity index (χ0n) is 13.0. The predicted octanol–water partition coefficient (Wildman–Crippen LogP) is 4.82. The summed E-state index contributed by atoms with van der Waals surface area (Å²) in [6, 6.07) is 0. The van der Waals surface area contributed by atoms with Crippen molar-refractivity contribution in [2.75, 3.05) is 7.11 Å². The molecule has 0 spiro atoms. The molecule has 0 aliphatic rings. The van der Waals surface area contributed by atoms with E-state index >= 15 is 0 Å². The predicted molar refractivity (Wildman–Crippen MR) is 77.5 cm³/mol. The van der Waals surface area contributed by atoms with E-state index in [2.05, 4.69) is 20.8 Å². The number of carbonyl (C=O) groups excluding carboxylic acids is 1. The Kier molecular flexibility index (Phi) is 10.1. The summed E-state index contributed by atoms with van der Waals surface area (Å²) in [6.07, 6.45) is 8.68. The number of methoxy groups -OCH3 is 1. The molecule has 2 heteroatoms. The highest BCUT2D eigenvalue weighted by Gasteiger charge is 2.13. The van der Waals surface area contributed by atoms with Gasteiger partial charge in [-0.2, -0.15) is 0 Å². The minimum Gasteiger partial charge on any atom is -0.469 e. The highest BCUT2D eigenvalue weighted by Crippen LogP contribution is 2.20. The van der Waals surface area contributed by atoms with E-state index in [-0.39, 0.29) is 11.9 Å². The zero-order chi connectivity index (χ0) is 14.0. The van der Waals surface area contributed by atoms with E-state index in [0.29, 0.717) is 0 Å². The number of ether oxygens (including phenoxy) is 1. The Balaban J connectivity index is 3.53. The number of hydrogen-bond acceptors (Lipinski definition) is 2. The fourth-order valence-electron chi connectivity index (χ4n) is 2.25. The Morgan fingerprint density at radius 2 is 1.44 bits per heavy atom. The summed E-state index contributed by atoms with van der Waals surface area (Å²) in [5.74, 6) is 1.65. The molecule has 0 heterocycles. The molecule has 0 N–H and O–H groups in total. The van der Waals surface area contributed by atoms with Crippen molar-refractivity contribution >= 4 is 5.97 Å². The lowest BCUT2D eigenvalue weighted by molar-refractivity contribution is -0.145. The SMILES string of the molecule is CCC(C)CCCC(C)CCCC(C)C(=O)OC. The molecule has 0 fully saturated rings. The highest BCUT2D eigenvalue weighted by atomic mass is 16.5. The van der Waals surface area contributed by atoms with E-state index in [4.69, 9.17) is 4.74 Å². The van der Waals surface area contributed by atoms with Crippen molar-refractivity contribution in [2.45, 2.75) is 72.6 Å². The first-order valence-corrected chi connectivity index (χ1v) is 7.59. The molecule has 108 valence electrons. The van der Waals surface area contributed by atoms with Crippen LogP contribution in [0.15, 0.2) is 0 Å². The van der Waals surface area contributed by atoms with Gasteiger partial charge in [0.1, 0.15) is 0 Å². The van der Waals surface area contributed by atoms with Gasteiger partial charge in [-0.05, 0) is 18.3 Å². The van der Waals surface area contributed by atoms with Crippen LogP contribution >= 0.6 is 0 Å². The van der Waals surface area contributed by atoms with Crippen LogP contribution in [0.5, 0.6) is 0 Å². The molecule has 0 amide bonds. The standard InChI is InChI=1S/C16H32O2/c1-6-13(2)9-7-10-14(3)11-8-12-15(4)16(17)18-5/h13-15H,6-12H2,1-5H3. The van der Waals surface area contributed by atoms with E-state index in [1.807, 2.05) is 6.92 Å². The Morgan fingerprint density at radius 1 is 0.944 bits per heavy atom. The topological polar surface area (TPSA) is 26.3 Å². The Bertz CT molecular complexity index is 213. The van der Waals surface area contributed by atoms with Gasteiger partial charge in [0.05, 0.1) is 13.0 Å². The van der Waals surface area contributed by atoms with Gasteiger partial charge in [0.25, 0.3) is 0 Å². The Hall–Kier alpha value is -0.530. The van der Waals surface area contributed by atoms with Gasteiger partial charge < -0.3 is 4.74 Å². The molecular weight excluding hydrogens is 224 g/mol. The molecule has 0 aliphatic carbocycles. The fourth-order valence-corrected chi connectivity index (χ4v) is 2.25. The first-order valence-electron chi connectivity index (χ1n) is 7.59. The monoisotopic (exact) mass is 256 g/mol. The number of hydrogen-bond donors (Lipinski definition) is 0. The molecule has 0 aromatic carbocycles. The van der Waals surface area contributed by atoms with Crippen molar-refractivity contribution < 1.29 is 9.53 Å². The van der Waals surface area contributed by atoms with E-state index in [9.17, 15) is 4.79 Å². The highest BCUT2D eigenvalue weighted by molar-refractivity contribution is 5.71. The van der Waals surface area contributed by atoms with Crippen LogP contribution in [-0.2, 0) is 9.53 Å². The average Bonchev–Trinajstić information content (AvgIpc) is 2.37. The maximum Gasteiger partial charge on any atom is 0.308 e. The maximum atomic E-state index is 11.2. The molecule has 0 bridgehead atoms. The second-order valence-corrected chi connectivity index (χ2v) is 5.90. The maximum absolute atomic E-state index is 11.2. The summed E-state index contributed by atoms with van der Waals surface area (Å²) in [5.41, 5.74) is 0. The van der Waals surface area contributed by atoms with Crippen molar-refractivity contribution in [2.24, 2.45) is 17.8 Å². The summed E-state index contributed by atoms with van der Waals surface area (Å²) < 4.78 is 4.73. The van der Waals surface area contributed by atoms with Gasteiger partial charge in [-0.1, -0.05) is 66.2 Å². The van der Waals surface area contributed by atoms with Gasteiger partial charge in [-0.25, -0.2) is 0 Å². The summed E-state index contributed by atoms with van der Waals surface area (Å²) >= 11 is 0. The molecule has 0 aromatic rings. The second kappa shape index (κ2) is 10.4. The molecule has 0 rings (SSSR count). The van der Waals surface area contributed by atoms with Gasteiger partial charge in [0.2, 0.25) is 0 Å². The van der Waals surface area contributed by atoms with Crippen LogP contribution in [0.1, 0.15) is 72.6 Å². The zero-order valence-corrected chi connectivity index (χ0v) is 13.0. The quantitative estimate of drug-likeness (QED) is 0.524. The molecule has 3 unspecified atom stereocenters. The normalized spacial score (nSPS) is 16.1. The average molecular weight is 256 g/mol. The van der Waals surface area contributed by atoms with Crippen LogP contribution in [0.2, 0.25) is 0 Å². The smallest absolute Gasteiger partial charge is 0.308 e. The molecule has 3 atom stereocenters. The summed E-state index contributed by atoms with van der Waals surface area (Å²) in [7, 11) is 1.47. The van der Waals surface area contributed by atoms with Crippen molar-refractivity contribution in [1.29, 1.82) is 0 Å². The van der Waals surface area contributed by atoms with Crippen LogP contribution in [0, 0.1) is 17.8 Å². The third kappa shape index (κ3) is 8.54. The van der Waals surface area contributed by atoms with Crippen LogP contribution in [0.3, 0.4) is 0 Å². The first-order chi connectivity index (χ1) is 8.51. The van der Waals surface area contributed by atoms with E-state index in [1.54, 1.807) is 0 Å². The third-order valence-corrected chi connectivity index (χ3v) is 4.03. The molecule has 0 aromatic heterocycles. The van der Waals surface area contributed by atoms with Gasteiger partial charge in [0, 0.05) is 0 Å². The van der Waals surface area contributed by atoms with Crippen molar-refractivity contribution in [3.8, 4) is 0 Å². The largest absolute Gasteiger partial charge is 0.469 e. The number of rotatable bonds is 10. The minimum atomic E-state index is -0.0700. The summed E-state index contributed by atoms with van der Waals surface area (Å²) in [6.45, 7) is 8.89. The van der Waals surface area contributed by atoms with Crippen LogP contribution in [-0.4, -0.2) is 13.1 Å². The minimum absolute atomic E-state index is 0.0577. The van der Waals surface area contributed by atoms with Crippen LogP contribution in [0.4, 0.5) is 0 Å².